The predicted octanol–water partition coefficient (Wildman–Crippen LogP) is 0.740. The number of primary sulfonamides is 1. The summed E-state index contributed by atoms with van der Waals surface area (Å²) in [7, 11) is -8.12. The van der Waals surface area contributed by atoms with E-state index in [0.29, 0.717) is 19.3 Å². The molecular formula is C12H17ClN4O7S2. The summed E-state index contributed by atoms with van der Waals surface area (Å²) in [5.41, 5.74) is 0.193. The van der Waals surface area contributed by atoms with Crippen molar-refractivity contribution in [3.63, 3.8) is 0 Å². The molecule has 1 aromatic carbocycles. The lowest BCUT2D eigenvalue weighted by atomic mass is 10.2. The van der Waals surface area contributed by atoms with Gasteiger partial charge in [0.25, 0.3) is 5.09 Å². The summed E-state index contributed by atoms with van der Waals surface area (Å²) < 4.78 is 49.7. The van der Waals surface area contributed by atoms with Gasteiger partial charge in [-0.15, -0.1) is 10.1 Å². The predicted molar refractivity (Wildman–Crippen MR) is 92.0 cm³/mol. The summed E-state index contributed by atoms with van der Waals surface area (Å²) in [6, 6.07) is 2.15. The first-order valence-electron chi connectivity index (χ1n) is 7.41. The van der Waals surface area contributed by atoms with E-state index in [-0.39, 0.29) is 35.4 Å². The second-order valence-electron chi connectivity index (χ2n) is 5.46. The van der Waals surface area contributed by atoms with Crippen LogP contribution in [0.3, 0.4) is 0 Å². The van der Waals surface area contributed by atoms with Crippen molar-refractivity contribution in [3.05, 3.63) is 27.3 Å². The molecule has 0 bridgehead atoms. The smallest absolute Gasteiger partial charge is 0.294 e. The minimum Gasteiger partial charge on any atom is -0.370 e. The van der Waals surface area contributed by atoms with E-state index in [1.165, 1.54) is 6.07 Å². The maximum Gasteiger partial charge on any atom is 0.294 e. The Kier molecular flexibility index (Phi) is 6.29. The summed E-state index contributed by atoms with van der Waals surface area (Å²) in [6.07, 6.45) is 1.38. The van der Waals surface area contributed by atoms with Crippen LogP contribution in [0.1, 0.15) is 19.3 Å². The number of fused-ring (bicyclic) bond motifs is 1. The Bertz CT molecular complexity index is 904. The number of unbranched alkanes of at least 4 members (excludes halogenated alkanes) is 2. The zero-order chi connectivity index (χ0) is 19.5. The van der Waals surface area contributed by atoms with Gasteiger partial charge in [0.05, 0.1) is 24.0 Å². The van der Waals surface area contributed by atoms with Gasteiger partial charge in [-0.25, -0.2) is 22.0 Å². The lowest BCUT2D eigenvalue weighted by Crippen LogP contribution is -2.40. The van der Waals surface area contributed by atoms with Gasteiger partial charge in [0, 0.05) is 6.54 Å². The first-order valence-corrected chi connectivity index (χ1v) is 10.8. The monoisotopic (exact) mass is 428 g/mol. The molecule has 1 heterocycles. The molecule has 0 saturated heterocycles. The van der Waals surface area contributed by atoms with Crippen molar-refractivity contribution < 1.29 is 26.8 Å². The molecule has 11 nitrogen and oxygen atoms in total. The van der Waals surface area contributed by atoms with E-state index < -0.39 is 30.0 Å². The number of rotatable bonds is 8. The summed E-state index contributed by atoms with van der Waals surface area (Å²) in [5, 5.41) is 16.9. The van der Waals surface area contributed by atoms with Crippen molar-refractivity contribution in [2.75, 3.05) is 25.1 Å². The van der Waals surface area contributed by atoms with Crippen LogP contribution in [0.5, 0.6) is 0 Å². The van der Waals surface area contributed by atoms with Crippen LogP contribution in [0.2, 0.25) is 5.02 Å². The molecule has 14 heteroatoms. The van der Waals surface area contributed by atoms with Gasteiger partial charge in [0.15, 0.2) is 0 Å². The lowest BCUT2D eigenvalue weighted by Gasteiger charge is -2.29. The maximum atomic E-state index is 12.7. The van der Waals surface area contributed by atoms with Crippen molar-refractivity contribution in [3.8, 4) is 0 Å². The number of hydrogen-bond acceptors (Lipinski definition) is 8. The van der Waals surface area contributed by atoms with Crippen molar-refractivity contribution in [1.29, 1.82) is 0 Å². The van der Waals surface area contributed by atoms with Crippen LogP contribution in [0.15, 0.2) is 21.9 Å². The van der Waals surface area contributed by atoms with E-state index in [0.717, 1.165) is 10.4 Å². The van der Waals surface area contributed by atoms with Crippen molar-refractivity contribution in [2.45, 2.75) is 29.1 Å². The zero-order valence-corrected chi connectivity index (χ0v) is 15.8. The van der Waals surface area contributed by atoms with Gasteiger partial charge in [-0.2, -0.15) is 4.31 Å². The molecule has 1 aliphatic rings. The van der Waals surface area contributed by atoms with Crippen LogP contribution in [0.4, 0.5) is 5.69 Å². The molecule has 1 aromatic rings. The number of sulfonamides is 2. The van der Waals surface area contributed by atoms with Crippen LogP contribution in [0.25, 0.3) is 0 Å². The van der Waals surface area contributed by atoms with E-state index in [2.05, 4.69) is 10.2 Å². The number of nitrogens with two attached hydrogens (primary N) is 1. The summed E-state index contributed by atoms with van der Waals surface area (Å²) in [4.78, 5) is 13.5. The maximum absolute atomic E-state index is 12.7. The molecule has 3 N–H and O–H groups in total. The molecule has 0 fully saturated rings. The van der Waals surface area contributed by atoms with Crippen LogP contribution < -0.4 is 10.5 Å². The molecule has 0 amide bonds. The van der Waals surface area contributed by atoms with E-state index in [1.54, 1.807) is 0 Å². The largest absolute Gasteiger partial charge is 0.370 e. The third kappa shape index (κ3) is 4.73. The second kappa shape index (κ2) is 7.92. The summed E-state index contributed by atoms with van der Waals surface area (Å²) >= 11 is 5.86. The van der Waals surface area contributed by atoms with Gasteiger partial charge >= 0.3 is 0 Å². The van der Waals surface area contributed by atoms with Crippen molar-refractivity contribution in [1.82, 2.24) is 4.31 Å². The van der Waals surface area contributed by atoms with E-state index in [4.69, 9.17) is 16.7 Å². The Morgan fingerprint density at radius 3 is 2.65 bits per heavy atom. The minimum absolute atomic E-state index is 0.00815. The van der Waals surface area contributed by atoms with Gasteiger partial charge in [-0.05, 0) is 25.0 Å². The lowest BCUT2D eigenvalue weighted by molar-refractivity contribution is -0.757. The number of nitrogens with zero attached hydrogens (tertiary/aromatic N) is 2. The number of benzene rings is 1. The Hall–Kier alpha value is -1.67. The van der Waals surface area contributed by atoms with E-state index in [9.17, 15) is 26.9 Å². The third-order valence-corrected chi connectivity index (χ3v) is 6.91. The second-order valence-corrected chi connectivity index (χ2v) is 9.30. The Balaban J connectivity index is 2.11. The minimum atomic E-state index is -4.18. The highest BCUT2D eigenvalue weighted by atomic mass is 35.5. The number of halogens is 1. The van der Waals surface area contributed by atoms with Gasteiger partial charge in [0.2, 0.25) is 20.0 Å². The first-order chi connectivity index (χ1) is 12.0. The molecule has 1 aliphatic heterocycles. The van der Waals surface area contributed by atoms with E-state index >= 15 is 0 Å². The standard InChI is InChI=1S/C12H17ClN4O7S2/c13-9-6-10-12(7-11(9)25(14,20)21)26(22,23)16(8-15-10)4-2-1-3-5-24-17(18)19/h6-7,15H,1-5,8H2,(H2,14,20,21). The molecule has 0 aromatic heterocycles. The average Bonchev–Trinajstić information content (AvgIpc) is 2.50. The first kappa shape index (κ1) is 20.6. The van der Waals surface area contributed by atoms with Gasteiger partial charge < -0.3 is 10.2 Å². The number of nitrogens with one attached hydrogen (secondary N) is 1. The van der Waals surface area contributed by atoms with Gasteiger partial charge in [-0.1, -0.05) is 18.0 Å². The molecule has 0 saturated carbocycles. The van der Waals surface area contributed by atoms with Crippen LogP contribution in [0, 0.1) is 10.1 Å². The number of hydrogen-bond donors (Lipinski definition) is 2. The van der Waals surface area contributed by atoms with Gasteiger partial charge in [0.1, 0.15) is 9.79 Å². The third-order valence-electron chi connectivity index (χ3n) is 3.65. The quantitative estimate of drug-likeness (QED) is 0.348. The van der Waals surface area contributed by atoms with Crippen LogP contribution in [-0.4, -0.2) is 46.0 Å². The number of anilines is 1. The SMILES string of the molecule is NS(=O)(=O)c1cc2c(cc1Cl)NCN(CCCCCO[N+](=O)[O-])S2(=O)=O. The topological polar surface area (TPSA) is 162 Å². The highest BCUT2D eigenvalue weighted by Gasteiger charge is 2.33. The summed E-state index contributed by atoms with van der Waals surface area (Å²) in [5.74, 6) is 0. The highest BCUT2D eigenvalue weighted by Crippen LogP contribution is 2.35. The van der Waals surface area contributed by atoms with Gasteiger partial charge in [-0.3, -0.25) is 0 Å². The fraction of sp³-hybridized carbons (Fsp3) is 0.500. The molecule has 26 heavy (non-hydrogen) atoms. The molecule has 0 radical (unpaired) electrons. The normalized spacial score (nSPS) is 16.5. The molecule has 0 atom stereocenters. The summed E-state index contributed by atoms with van der Waals surface area (Å²) in [6.45, 7) is 0.0867. The zero-order valence-electron chi connectivity index (χ0n) is 13.4. The van der Waals surface area contributed by atoms with Crippen molar-refractivity contribution >= 4 is 37.3 Å². The van der Waals surface area contributed by atoms with Crippen LogP contribution in [-0.2, 0) is 24.9 Å². The fourth-order valence-electron chi connectivity index (χ4n) is 2.41. The average molecular weight is 429 g/mol. The van der Waals surface area contributed by atoms with E-state index in [1.807, 2.05) is 0 Å². The van der Waals surface area contributed by atoms with Crippen LogP contribution >= 0.6 is 11.6 Å². The molecule has 0 aliphatic carbocycles. The molecular weight excluding hydrogens is 412 g/mol. The van der Waals surface area contributed by atoms with Crippen molar-refractivity contribution in [2.24, 2.45) is 5.14 Å². The Labute approximate surface area is 155 Å². The molecule has 146 valence electrons. The molecule has 2 rings (SSSR count). The Morgan fingerprint density at radius 2 is 2.04 bits per heavy atom. The molecule has 0 spiro atoms. The highest BCUT2D eigenvalue weighted by molar-refractivity contribution is 7.90. The Morgan fingerprint density at radius 1 is 1.35 bits per heavy atom. The molecule has 0 unspecified atom stereocenters. The fourth-order valence-corrected chi connectivity index (χ4v) is 5.14.